The molecule has 3 amide bonds. The first kappa shape index (κ1) is 71.1. The van der Waals surface area contributed by atoms with E-state index in [4.69, 9.17) is 0 Å². The zero-order chi connectivity index (χ0) is 65.8. The molecule has 19 nitrogen and oxygen atoms in total. The number of pyridine rings is 3. The minimum atomic E-state index is -7.42. The van der Waals surface area contributed by atoms with Crippen LogP contribution >= 0.6 is 0 Å². The molecule has 0 spiro atoms. The predicted molar refractivity (Wildman–Crippen MR) is 265 cm³/mol. The molecule has 0 aromatic carbocycles. The van der Waals surface area contributed by atoms with Crippen molar-refractivity contribution in [1.82, 2.24) is 29.7 Å². The molecular formula is C47H49F18N9O10S2. The molecule has 39 heteroatoms. The van der Waals surface area contributed by atoms with E-state index in [2.05, 4.69) is 23.3 Å². The van der Waals surface area contributed by atoms with Crippen molar-refractivity contribution >= 4 is 61.2 Å². The van der Waals surface area contributed by atoms with Gasteiger partial charge in [-0.1, -0.05) is 0 Å². The molecule has 0 unspecified atom stereocenters. The second kappa shape index (κ2) is 25.9. The van der Waals surface area contributed by atoms with Gasteiger partial charge in [-0.05, 0) is 61.7 Å². The van der Waals surface area contributed by atoms with Crippen LogP contribution in [0.4, 0.5) is 96.5 Å². The molecule has 3 aliphatic rings. The summed E-state index contributed by atoms with van der Waals surface area (Å²) < 4.78 is 289. The normalized spacial score (nSPS) is 16.1. The zero-order valence-corrected chi connectivity index (χ0v) is 46.8. The number of hydrogen-bond donors (Lipinski definition) is 0. The Morgan fingerprint density at radius 1 is 0.488 bits per heavy atom. The molecule has 0 aliphatic carbocycles. The Hall–Kier alpha value is -7.35. The first-order valence-electron chi connectivity index (χ1n) is 24.1. The molecule has 3 aromatic heterocycles. The Morgan fingerprint density at radius 3 is 1.22 bits per heavy atom. The highest BCUT2D eigenvalue weighted by atomic mass is 32.2. The van der Waals surface area contributed by atoms with E-state index in [0.717, 1.165) is 28.1 Å². The summed E-state index contributed by atoms with van der Waals surface area (Å²) in [7, 11) is -3.98. The van der Waals surface area contributed by atoms with Crippen molar-refractivity contribution in [3.05, 3.63) is 95.5 Å². The van der Waals surface area contributed by atoms with Gasteiger partial charge >= 0.3 is 66.8 Å². The summed E-state index contributed by atoms with van der Waals surface area (Å²) in [5.41, 5.74) is 0.605. The zero-order valence-electron chi connectivity index (χ0n) is 45.1. The number of allylic oxidation sites excluding steroid dienone is 1. The number of anilines is 3. The third kappa shape index (κ3) is 15.1. The van der Waals surface area contributed by atoms with Crippen LogP contribution in [0.3, 0.4) is 0 Å². The topological polar surface area (TPSA) is 213 Å². The maximum absolute atomic E-state index is 13.8. The molecule has 1 saturated heterocycles. The Morgan fingerprint density at radius 2 is 0.849 bits per heavy atom. The average Bonchev–Trinajstić information content (AvgIpc) is 0.851. The lowest BCUT2D eigenvalue weighted by molar-refractivity contribution is -0.382. The van der Waals surface area contributed by atoms with Crippen LogP contribution in [0.1, 0.15) is 63.2 Å². The first-order valence-corrected chi connectivity index (χ1v) is 26.9. The number of ketones is 1. The molecule has 3 aliphatic heterocycles. The molecule has 86 heavy (non-hydrogen) atoms. The standard InChI is InChI=1S/2C17H16F9N3O4S.C13H17N3O2/c2*1-28(2)12-8-10(5-6-27-12)13(30)29-7-3-4-11(9-29)33-34(31,32)17(25,26)15(20,21)14(18,19)16(22,23)24;1-15(2)12-8-10(5-6-14-12)13(18)16-7-3-4-11(17)9-16/h5-6,8-9H,3-4,7H2,1-2H3;4-6,8H,3,7,9H2,1-2H3;5-6,8H,3-4,7,9H2,1-2H3. The van der Waals surface area contributed by atoms with Crippen molar-refractivity contribution in [1.29, 1.82) is 0 Å². The van der Waals surface area contributed by atoms with Crippen molar-refractivity contribution in [3.8, 4) is 0 Å². The van der Waals surface area contributed by atoms with Crippen LogP contribution in [0, 0.1) is 0 Å². The van der Waals surface area contributed by atoms with E-state index >= 15 is 0 Å². The van der Waals surface area contributed by atoms with Gasteiger partial charge in [0, 0.05) is 116 Å². The number of rotatable bonds is 16. The van der Waals surface area contributed by atoms with E-state index in [1.165, 1.54) is 46.5 Å². The minimum Gasteiger partial charge on any atom is -0.381 e. The van der Waals surface area contributed by atoms with Gasteiger partial charge in [-0.2, -0.15) is 95.9 Å². The Labute approximate surface area is 477 Å². The number of piperidine rings is 1. The molecule has 3 aromatic rings. The van der Waals surface area contributed by atoms with Crippen LogP contribution in [0.2, 0.25) is 0 Å². The fourth-order valence-corrected chi connectivity index (χ4v) is 9.15. The van der Waals surface area contributed by atoms with Gasteiger partial charge in [-0.15, -0.1) is 0 Å². The van der Waals surface area contributed by atoms with E-state index in [1.54, 1.807) is 51.4 Å². The molecule has 1 fully saturated rings. The quantitative estimate of drug-likeness (QED) is 0.0970. The maximum atomic E-state index is 13.8. The van der Waals surface area contributed by atoms with Crippen LogP contribution in [0.15, 0.2) is 78.8 Å². The number of aromatic nitrogens is 3. The molecule has 0 bridgehead atoms. The monoisotopic (exact) mass is 1310 g/mol. The summed E-state index contributed by atoms with van der Waals surface area (Å²) in [4.78, 5) is 69.1. The van der Waals surface area contributed by atoms with Crippen molar-refractivity contribution in [2.45, 2.75) is 78.7 Å². The van der Waals surface area contributed by atoms with Crippen LogP contribution in [-0.2, 0) is 33.4 Å². The van der Waals surface area contributed by atoms with Gasteiger partial charge in [-0.3, -0.25) is 19.2 Å². The van der Waals surface area contributed by atoms with Gasteiger partial charge in [0.2, 0.25) is 0 Å². The number of amides is 3. The van der Waals surface area contributed by atoms with Crippen LogP contribution in [0.5, 0.6) is 0 Å². The summed E-state index contributed by atoms with van der Waals surface area (Å²) >= 11 is 0. The highest BCUT2D eigenvalue weighted by Gasteiger charge is 2.87. The van der Waals surface area contributed by atoms with Crippen molar-refractivity contribution < 1.29 is 123 Å². The lowest BCUT2D eigenvalue weighted by atomic mass is 10.1. The van der Waals surface area contributed by atoms with Gasteiger partial charge < -0.3 is 37.8 Å². The second-order valence-electron chi connectivity index (χ2n) is 19.0. The molecule has 0 atom stereocenters. The maximum Gasteiger partial charge on any atom is 0.460 e. The number of carbonyl (C=O) groups excluding carboxylic acids is 4. The average molecular weight is 1310 g/mol. The first-order chi connectivity index (χ1) is 39.1. The van der Waals surface area contributed by atoms with Crippen molar-refractivity contribution in [2.24, 2.45) is 0 Å². The SMILES string of the molecule is CN(C)c1cc(C(=O)N2C=C(OS(=O)(=O)C(F)(F)C(F)(F)C(F)(F)C(F)(F)F)CCC2)ccn1.CN(C)c1cc(C(=O)N2CCC=C(OS(=O)(=O)C(F)(F)C(F)(F)C(F)(F)C(F)(F)F)C2)ccn1.CN(C)c1cc(C(=O)N2CCCC(=O)C2)ccn1. The van der Waals surface area contributed by atoms with Gasteiger partial charge in [-0.25, -0.2) is 15.0 Å². The molecule has 0 N–H and O–H groups in total. The summed E-state index contributed by atoms with van der Waals surface area (Å²) in [6.45, 7) is -0.203. The summed E-state index contributed by atoms with van der Waals surface area (Å²) in [6, 6.07) is 8.60. The Balaban J connectivity index is 0.000000289. The summed E-state index contributed by atoms with van der Waals surface area (Å²) in [5, 5.41) is -14.0. The fraction of sp³-hybridized carbons (Fsp3) is 0.511. The lowest BCUT2D eigenvalue weighted by Crippen LogP contribution is -2.63. The second-order valence-corrected chi connectivity index (χ2v) is 22.2. The number of alkyl halides is 18. The van der Waals surface area contributed by atoms with Gasteiger partial charge in [0.1, 0.15) is 29.0 Å². The highest BCUT2D eigenvalue weighted by Crippen LogP contribution is 2.57. The van der Waals surface area contributed by atoms with Gasteiger partial charge in [0.05, 0.1) is 13.1 Å². The van der Waals surface area contributed by atoms with E-state index in [9.17, 15) is 115 Å². The summed E-state index contributed by atoms with van der Waals surface area (Å²) in [6.07, 6.45) is -8.48. The molecule has 0 saturated carbocycles. The van der Waals surface area contributed by atoms with E-state index in [-0.39, 0.29) is 55.3 Å². The van der Waals surface area contributed by atoms with Crippen molar-refractivity contribution in [2.75, 3.05) is 89.7 Å². The number of carbonyl (C=O) groups is 4. The highest BCUT2D eigenvalue weighted by molar-refractivity contribution is 7.88. The van der Waals surface area contributed by atoms with Crippen LogP contribution < -0.4 is 14.7 Å². The van der Waals surface area contributed by atoms with Gasteiger partial charge in [0.15, 0.2) is 5.78 Å². The number of halogens is 18. The third-order valence-corrected chi connectivity index (χ3v) is 14.6. The van der Waals surface area contributed by atoms with E-state index in [0.29, 0.717) is 36.4 Å². The van der Waals surface area contributed by atoms with Gasteiger partial charge in [0.25, 0.3) is 17.7 Å². The smallest absolute Gasteiger partial charge is 0.381 e. The molecule has 480 valence electrons. The largest absolute Gasteiger partial charge is 0.460 e. The molecule has 6 heterocycles. The fourth-order valence-electron chi connectivity index (χ4n) is 7.25. The minimum absolute atomic E-state index is 0.000685. The Bertz CT molecular complexity index is 3270. The van der Waals surface area contributed by atoms with E-state index < -0.39 is 103 Å². The van der Waals surface area contributed by atoms with E-state index in [1.807, 2.05) is 19.0 Å². The van der Waals surface area contributed by atoms with Crippen LogP contribution in [0.25, 0.3) is 0 Å². The third-order valence-electron chi connectivity index (χ3n) is 12.0. The molecule has 0 radical (unpaired) electrons. The summed E-state index contributed by atoms with van der Waals surface area (Å²) in [5.74, 6) is -31.9. The predicted octanol–water partition coefficient (Wildman–Crippen LogP) is 8.60. The number of hydrogen-bond acceptors (Lipinski definition) is 16. The molecule has 6 rings (SSSR count). The number of nitrogens with zero attached hydrogens (tertiary/aromatic N) is 9. The molecular weight excluding hydrogens is 1260 g/mol. The van der Waals surface area contributed by atoms with Crippen molar-refractivity contribution in [3.63, 3.8) is 0 Å². The number of Topliss-reactive ketones (excluding diaryl/α,β-unsaturated/α-hetero) is 1. The van der Waals surface area contributed by atoms with Crippen LogP contribution in [-0.4, -0.2) is 192 Å². The number of likely N-dealkylation sites (tertiary alicyclic amines) is 1. The Kier molecular flexibility index (Phi) is 21.4. The lowest BCUT2D eigenvalue weighted by Gasteiger charge is -2.33.